The first-order chi connectivity index (χ1) is 11.5. The number of aromatic amines is 1. The number of benzene rings is 1. The number of nitrogens with zero attached hydrogens (tertiary/aromatic N) is 2. The van der Waals surface area contributed by atoms with Crippen LogP contribution in [-0.4, -0.2) is 54.3 Å². The average molecular weight is 342 g/mol. The SMILES string of the molecule is FC(F)(F)c1ccc2nc(CNCCCN3CCOCC3)[nH]c2c1. The predicted molar refractivity (Wildman–Crippen MR) is 84.7 cm³/mol. The maximum atomic E-state index is 12.7. The number of morpholine rings is 1. The van der Waals surface area contributed by atoms with E-state index in [1.165, 1.54) is 6.07 Å². The minimum Gasteiger partial charge on any atom is -0.379 e. The van der Waals surface area contributed by atoms with E-state index in [-0.39, 0.29) is 0 Å². The molecular formula is C16H21F3N4O. The van der Waals surface area contributed by atoms with E-state index in [2.05, 4.69) is 20.2 Å². The Balaban J connectivity index is 1.47. The zero-order chi connectivity index (χ0) is 17.0. The summed E-state index contributed by atoms with van der Waals surface area (Å²) in [7, 11) is 0. The van der Waals surface area contributed by atoms with Crippen molar-refractivity contribution in [3.8, 4) is 0 Å². The second-order valence-corrected chi connectivity index (χ2v) is 5.90. The molecule has 24 heavy (non-hydrogen) atoms. The molecule has 1 saturated heterocycles. The topological polar surface area (TPSA) is 53.2 Å². The Bertz CT molecular complexity index is 665. The maximum Gasteiger partial charge on any atom is 0.416 e. The van der Waals surface area contributed by atoms with Gasteiger partial charge in [-0.15, -0.1) is 0 Å². The number of imidazole rings is 1. The van der Waals surface area contributed by atoms with E-state index < -0.39 is 11.7 Å². The van der Waals surface area contributed by atoms with E-state index in [9.17, 15) is 13.2 Å². The van der Waals surface area contributed by atoms with Crippen LogP contribution in [0, 0.1) is 0 Å². The first-order valence-corrected chi connectivity index (χ1v) is 8.09. The second-order valence-electron chi connectivity index (χ2n) is 5.90. The van der Waals surface area contributed by atoms with Gasteiger partial charge in [0, 0.05) is 13.1 Å². The Hall–Kier alpha value is -1.64. The number of fused-ring (bicyclic) bond motifs is 1. The van der Waals surface area contributed by atoms with Gasteiger partial charge >= 0.3 is 6.18 Å². The van der Waals surface area contributed by atoms with Crippen LogP contribution in [-0.2, 0) is 17.5 Å². The quantitative estimate of drug-likeness (QED) is 0.792. The van der Waals surface area contributed by atoms with Gasteiger partial charge in [-0.2, -0.15) is 13.2 Å². The molecule has 0 saturated carbocycles. The van der Waals surface area contributed by atoms with Crippen LogP contribution < -0.4 is 5.32 Å². The lowest BCUT2D eigenvalue weighted by Crippen LogP contribution is -2.37. The molecule has 5 nitrogen and oxygen atoms in total. The zero-order valence-electron chi connectivity index (χ0n) is 13.3. The van der Waals surface area contributed by atoms with Gasteiger partial charge in [0.2, 0.25) is 0 Å². The Labute approximate surface area is 138 Å². The van der Waals surface area contributed by atoms with E-state index in [1.807, 2.05) is 0 Å². The van der Waals surface area contributed by atoms with Crippen LogP contribution in [0.4, 0.5) is 13.2 Å². The van der Waals surface area contributed by atoms with Gasteiger partial charge in [-0.3, -0.25) is 4.90 Å². The molecule has 0 radical (unpaired) electrons. The molecule has 1 fully saturated rings. The van der Waals surface area contributed by atoms with E-state index in [0.717, 1.165) is 57.9 Å². The number of hydrogen-bond donors (Lipinski definition) is 2. The summed E-state index contributed by atoms with van der Waals surface area (Å²) in [6, 6.07) is 3.56. The minimum absolute atomic E-state index is 0.412. The van der Waals surface area contributed by atoms with Gasteiger partial charge in [0.25, 0.3) is 0 Å². The summed E-state index contributed by atoms with van der Waals surface area (Å²) < 4.78 is 43.4. The van der Waals surface area contributed by atoms with Crippen LogP contribution in [0.2, 0.25) is 0 Å². The average Bonchev–Trinajstić information content (AvgIpc) is 2.96. The Morgan fingerprint density at radius 1 is 1.25 bits per heavy atom. The number of rotatable bonds is 6. The molecule has 3 rings (SSSR count). The third kappa shape index (κ3) is 4.46. The van der Waals surface area contributed by atoms with Crippen LogP contribution >= 0.6 is 0 Å². The van der Waals surface area contributed by atoms with Gasteiger partial charge in [-0.05, 0) is 37.7 Å². The van der Waals surface area contributed by atoms with Crippen LogP contribution in [0.25, 0.3) is 11.0 Å². The van der Waals surface area contributed by atoms with Crippen LogP contribution in [0.5, 0.6) is 0 Å². The molecule has 1 aliphatic heterocycles. The van der Waals surface area contributed by atoms with Crippen molar-refractivity contribution >= 4 is 11.0 Å². The fraction of sp³-hybridized carbons (Fsp3) is 0.562. The van der Waals surface area contributed by atoms with Crippen LogP contribution in [0.15, 0.2) is 18.2 Å². The van der Waals surface area contributed by atoms with Crippen molar-refractivity contribution in [2.45, 2.75) is 19.1 Å². The molecule has 0 unspecified atom stereocenters. The van der Waals surface area contributed by atoms with Gasteiger partial charge in [0.1, 0.15) is 5.82 Å². The van der Waals surface area contributed by atoms with E-state index >= 15 is 0 Å². The summed E-state index contributed by atoms with van der Waals surface area (Å²) >= 11 is 0. The number of H-pyrrole nitrogens is 1. The molecule has 0 aliphatic carbocycles. The Morgan fingerprint density at radius 3 is 2.79 bits per heavy atom. The highest BCUT2D eigenvalue weighted by molar-refractivity contribution is 5.76. The molecule has 8 heteroatoms. The fourth-order valence-electron chi connectivity index (χ4n) is 2.78. The van der Waals surface area contributed by atoms with Gasteiger partial charge in [-0.1, -0.05) is 0 Å². The first kappa shape index (κ1) is 17.2. The lowest BCUT2D eigenvalue weighted by atomic mass is 10.2. The first-order valence-electron chi connectivity index (χ1n) is 8.09. The molecule has 1 aromatic carbocycles. The number of ether oxygens (including phenoxy) is 1. The summed E-state index contributed by atoms with van der Waals surface area (Å²) in [5.41, 5.74) is 0.298. The smallest absolute Gasteiger partial charge is 0.379 e. The molecular weight excluding hydrogens is 321 g/mol. The number of nitrogens with one attached hydrogen (secondary N) is 2. The van der Waals surface area contributed by atoms with Crippen molar-refractivity contribution in [3.05, 3.63) is 29.6 Å². The largest absolute Gasteiger partial charge is 0.416 e. The van der Waals surface area contributed by atoms with Gasteiger partial charge < -0.3 is 15.0 Å². The molecule has 2 N–H and O–H groups in total. The van der Waals surface area contributed by atoms with Gasteiger partial charge in [0.05, 0.1) is 36.4 Å². The van der Waals surface area contributed by atoms with Crippen LogP contribution in [0.3, 0.4) is 0 Å². The number of alkyl halides is 3. The second kappa shape index (κ2) is 7.50. The summed E-state index contributed by atoms with van der Waals surface area (Å²) in [4.78, 5) is 9.62. The Morgan fingerprint density at radius 2 is 2.04 bits per heavy atom. The highest BCUT2D eigenvalue weighted by Crippen LogP contribution is 2.30. The minimum atomic E-state index is -4.34. The highest BCUT2D eigenvalue weighted by Gasteiger charge is 2.30. The van der Waals surface area contributed by atoms with E-state index in [0.29, 0.717) is 23.4 Å². The van der Waals surface area contributed by atoms with Crippen molar-refractivity contribution < 1.29 is 17.9 Å². The van der Waals surface area contributed by atoms with E-state index in [1.54, 1.807) is 0 Å². The summed E-state index contributed by atoms with van der Waals surface area (Å²) in [5, 5.41) is 3.27. The van der Waals surface area contributed by atoms with Crippen molar-refractivity contribution in [3.63, 3.8) is 0 Å². The number of halogens is 3. The summed E-state index contributed by atoms with van der Waals surface area (Å²) in [6.45, 7) is 5.92. The maximum absolute atomic E-state index is 12.7. The molecule has 2 aromatic rings. The van der Waals surface area contributed by atoms with Crippen molar-refractivity contribution in [2.24, 2.45) is 0 Å². The van der Waals surface area contributed by atoms with Crippen LogP contribution in [0.1, 0.15) is 17.8 Å². The lowest BCUT2D eigenvalue weighted by Gasteiger charge is -2.26. The standard InChI is InChI=1S/C16H21F3N4O/c17-16(18,19)12-2-3-13-14(10-12)22-15(21-13)11-20-4-1-5-23-6-8-24-9-7-23/h2-3,10,20H,1,4-9,11H2,(H,21,22). The molecule has 1 aromatic heterocycles. The normalized spacial score (nSPS) is 16.8. The predicted octanol–water partition coefficient (Wildman–Crippen LogP) is 2.39. The number of hydrogen-bond acceptors (Lipinski definition) is 4. The van der Waals surface area contributed by atoms with Gasteiger partial charge in [0.15, 0.2) is 0 Å². The molecule has 0 spiro atoms. The molecule has 2 heterocycles. The van der Waals surface area contributed by atoms with Crippen molar-refractivity contribution in [2.75, 3.05) is 39.4 Å². The summed E-state index contributed by atoms with van der Waals surface area (Å²) in [6.07, 6.45) is -3.32. The van der Waals surface area contributed by atoms with E-state index in [4.69, 9.17) is 4.74 Å². The molecule has 0 atom stereocenters. The van der Waals surface area contributed by atoms with Gasteiger partial charge in [-0.25, -0.2) is 4.98 Å². The fourth-order valence-corrected chi connectivity index (χ4v) is 2.78. The van der Waals surface area contributed by atoms with Crippen molar-refractivity contribution in [1.29, 1.82) is 0 Å². The number of aromatic nitrogens is 2. The highest BCUT2D eigenvalue weighted by atomic mass is 19.4. The summed E-state index contributed by atoms with van der Waals surface area (Å²) in [5.74, 6) is 0.649. The third-order valence-corrected chi connectivity index (χ3v) is 4.08. The molecule has 0 bridgehead atoms. The third-order valence-electron chi connectivity index (χ3n) is 4.08. The molecule has 1 aliphatic rings. The molecule has 132 valence electrons. The molecule has 0 amide bonds. The lowest BCUT2D eigenvalue weighted by molar-refractivity contribution is -0.137. The van der Waals surface area contributed by atoms with Crippen molar-refractivity contribution in [1.82, 2.24) is 20.2 Å². The zero-order valence-corrected chi connectivity index (χ0v) is 13.3. The Kier molecular flexibility index (Phi) is 5.37. The monoisotopic (exact) mass is 342 g/mol.